The molecule has 0 N–H and O–H groups in total. The van der Waals surface area contributed by atoms with Gasteiger partial charge in [0, 0.05) is 23.7 Å². The van der Waals surface area contributed by atoms with Crippen LogP contribution < -0.4 is 21.2 Å². The molecule has 0 atom stereocenters. The van der Waals surface area contributed by atoms with Crippen molar-refractivity contribution in [3.8, 4) is 0 Å². The van der Waals surface area contributed by atoms with Crippen LogP contribution in [0, 0.1) is 0 Å². The monoisotopic (exact) mass is 898 g/mol. The minimum absolute atomic E-state index is 0. The van der Waals surface area contributed by atoms with Crippen LogP contribution in [0.3, 0.4) is 0 Å². The topological polar surface area (TPSA) is 30.0 Å². The number of carbonyl (C=O) groups excluding carboxylic acids is 1. The van der Waals surface area contributed by atoms with Gasteiger partial charge in [-0.3, -0.25) is 11.3 Å². The maximum absolute atomic E-state index is 9.75. The molecule has 0 bridgehead atoms. The molecule has 1 heterocycles. The van der Waals surface area contributed by atoms with E-state index in [4.69, 9.17) is 33.0 Å². The summed E-state index contributed by atoms with van der Waals surface area (Å²) < 4.78 is 39.0. The summed E-state index contributed by atoms with van der Waals surface area (Å²) in [5.74, 6) is 0. The number of rotatable bonds is 9. The predicted octanol–water partition coefficient (Wildman–Crippen LogP) is 9.57. The number of halogens is 6. The Labute approximate surface area is 302 Å². The maximum Gasteiger partial charge on any atom is 2.00 e. The average molecular weight is 899 g/mol. The largest absolute Gasteiger partial charge is 2.00 e. The Morgan fingerprint density at radius 3 is 1.02 bits per heavy atom. The van der Waals surface area contributed by atoms with Gasteiger partial charge < -0.3 is 22.1 Å². The molecule has 0 fully saturated rings. The number of alkyl halides is 2. The van der Waals surface area contributed by atoms with Gasteiger partial charge in [-0.15, -0.1) is 23.2 Å². The number of aromatic nitrogens is 1. The number of nitrogens with zero attached hydrogens (tertiary/aromatic N) is 1. The van der Waals surface area contributed by atoms with Crippen molar-refractivity contribution in [3.63, 3.8) is 0 Å². The normalized spacial score (nSPS) is 10.2. The van der Waals surface area contributed by atoms with Crippen molar-refractivity contribution in [1.29, 1.82) is 0 Å². The van der Waals surface area contributed by atoms with E-state index >= 15 is 0 Å². The molecular weight excluding hydrogens is 865 g/mol. The first-order chi connectivity index (χ1) is 22.2. The molecule has 5 rings (SSSR count). The Morgan fingerprint density at radius 2 is 0.809 bits per heavy atom. The van der Waals surface area contributed by atoms with E-state index in [1.165, 1.54) is 32.6 Å². The van der Waals surface area contributed by atoms with Crippen LogP contribution in [0.5, 0.6) is 0 Å². The van der Waals surface area contributed by atoms with Crippen LogP contribution in [0.2, 0.25) is 0 Å². The third-order valence-electron chi connectivity index (χ3n) is 5.92. The van der Waals surface area contributed by atoms with E-state index in [-0.39, 0.29) is 26.4 Å². The second-order valence-corrected chi connectivity index (χ2v) is 14.4. The van der Waals surface area contributed by atoms with Gasteiger partial charge in [-0.25, -0.2) is 0 Å². The minimum Gasteiger partial charge on any atom is -0.542 e. The number of pyridine rings is 1. The summed E-state index contributed by atoms with van der Waals surface area (Å²) in [7, 11) is -7.01. The molecule has 1 aromatic heterocycles. The molecule has 0 saturated heterocycles. The van der Waals surface area contributed by atoms with Crippen molar-refractivity contribution in [2.24, 2.45) is 0 Å². The van der Waals surface area contributed by atoms with Crippen LogP contribution in [0.4, 0.5) is 17.3 Å². The molecule has 47 heavy (non-hydrogen) atoms. The van der Waals surface area contributed by atoms with Crippen LogP contribution in [0.25, 0.3) is 0 Å². The molecule has 0 aliphatic heterocycles. The Balaban J connectivity index is 0.000000736. The molecule has 0 unspecified atom stereocenters. The molecule has 4 aromatic carbocycles. The standard InChI is InChI=1S/C31H27NP2.C3H5O.CH2Cl2.BF4.Pt/c1-5-16-28(17-6-1)33(29-18-7-2-8-19-29)24-26-14-13-15-27(32-26)25-34(30-20-9-3-10-21-30)31-22-11-4-12-23-31;1-2-3-4;2-1-3;2-1(3,4)5;/h1-23H,24-25H2;2H2,1H3;1H2;;/q;-1;;-1;+2. The van der Waals surface area contributed by atoms with E-state index in [9.17, 15) is 17.3 Å². The molecular formula is C35H34BCl2F4NOP2Pt. The molecule has 0 saturated carbocycles. The zero-order valence-corrected chi connectivity index (χ0v) is 31.1. The molecule has 0 radical (unpaired) electrons. The fourth-order valence-corrected chi connectivity index (χ4v) is 8.58. The van der Waals surface area contributed by atoms with Crippen molar-refractivity contribution in [3.05, 3.63) is 151 Å². The van der Waals surface area contributed by atoms with Gasteiger partial charge in [-0.2, -0.15) is 6.42 Å². The van der Waals surface area contributed by atoms with Crippen molar-refractivity contribution >= 4 is 73.8 Å². The van der Waals surface area contributed by atoms with Crippen LogP contribution in [-0.2, 0) is 38.2 Å². The summed E-state index contributed by atoms with van der Waals surface area (Å²) in [6.07, 6.45) is 4.09. The predicted molar refractivity (Wildman–Crippen MR) is 193 cm³/mol. The zero-order chi connectivity index (χ0) is 33.6. The Hall–Kier alpha value is -2.39. The van der Waals surface area contributed by atoms with E-state index < -0.39 is 23.1 Å². The molecule has 0 aliphatic rings. The fraction of sp³-hybridized carbons (Fsp3) is 0.143. The Kier molecular flexibility index (Phi) is 22.4. The molecule has 12 heteroatoms. The summed E-state index contributed by atoms with van der Waals surface area (Å²) >= 11 is 9.53. The quantitative estimate of drug-likeness (QED) is 0.0486. The number of benzene rings is 4. The van der Waals surface area contributed by atoms with Gasteiger partial charge in [0.15, 0.2) is 0 Å². The first-order valence-corrected chi connectivity index (χ1v) is 18.4. The summed E-state index contributed by atoms with van der Waals surface area (Å²) in [5.41, 5.74) is 2.35. The van der Waals surface area contributed by atoms with Crippen LogP contribution in [-0.4, -0.2) is 23.9 Å². The second kappa shape index (κ2) is 24.7. The maximum atomic E-state index is 9.75. The van der Waals surface area contributed by atoms with E-state index in [0.29, 0.717) is 6.42 Å². The van der Waals surface area contributed by atoms with E-state index in [1.54, 1.807) is 13.2 Å². The average Bonchev–Trinajstić information content (AvgIpc) is 3.08. The first-order valence-electron chi connectivity index (χ1n) is 14.2. The number of hydrogen-bond acceptors (Lipinski definition) is 2. The SMILES string of the molecule is CC[C-]=O.ClCCl.F[B-](F)(F)F.[Pt+2].c1ccc(P(Cc2cccc(CP(c3ccccc3)c3ccccc3)n2)c2ccccc2)cc1. The van der Waals surface area contributed by atoms with E-state index in [0.717, 1.165) is 12.3 Å². The van der Waals surface area contributed by atoms with Gasteiger partial charge in [0.05, 0.1) is 5.34 Å². The smallest absolute Gasteiger partial charge is 0.542 e. The van der Waals surface area contributed by atoms with Crippen molar-refractivity contribution in [2.45, 2.75) is 25.7 Å². The minimum atomic E-state index is -6.00. The van der Waals surface area contributed by atoms with Gasteiger partial charge in [-0.1, -0.05) is 134 Å². The second-order valence-electron chi connectivity index (χ2n) is 9.23. The van der Waals surface area contributed by atoms with Gasteiger partial charge >= 0.3 is 28.3 Å². The van der Waals surface area contributed by atoms with Gasteiger partial charge in [0.2, 0.25) is 0 Å². The van der Waals surface area contributed by atoms with E-state index in [1.807, 2.05) is 0 Å². The molecule has 5 aromatic rings. The van der Waals surface area contributed by atoms with E-state index in [2.05, 4.69) is 140 Å². The van der Waals surface area contributed by atoms with Gasteiger partial charge in [0.25, 0.3) is 0 Å². The molecule has 2 nitrogen and oxygen atoms in total. The van der Waals surface area contributed by atoms with Crippen LogP contribution in [0.1, 0.15) is 24.7 Å². The summed E-state index contributed by atoms with van der Waals surface area (Å²) in [6.45, 7) is 1.76. The number of hydrogen-bond donors (Lipinski definition) is 0. The molecule has 0 amide bonds. The zero-order valence-electron chi connectivity index (χ0n) is 25.5. The summed E-state index contributed by atoms with van der Waals surface area (Å²) in [6, 6.07) is 50.1. The van der Waals surface area contributed by atoms with Gasteiger partial charge in [-0.05, 0) is 49.2 Å². The van der Waals surface area contributed by atoms with Crippen LogP contribution in [0.15, 0.2) is 140 Å². The fourth-order valence-electron chi connectivity index (χ4n) is 4.12. The van der Waals surface area contributed by atoms with Crippen molar-refractivity contribution in [2.75, 3.05) is 5.34 Å². The van der Waals surface area contributed by atoms with Gasteiger partial charge in [0.1, 0.15) is 0 Å². The molecule has 250 valence electrons. The third-order valence-corrected chi connectivity index (χ3v) is 10.9. The Bertz CT molecular complexity index is 1330. The van der Waals surface area contributed by atoms with Crippen molar-refractivity contribution in [1.82, 2.24) is 4.98 Å². The molecule has 0 aliphatic carbocycles. The molecule has 0 spiro atoms. The summed E-state index contributed by atoms with van der Waals surface area (Å²) in [5, 5.41) is 5.77. The first kappa shape index (κ1) is 42.6. The van der Waals surface area contributed by atoms with Crippen molar-refractivity contribution < 1.29 is 43.1 Å². The third kappa shape index (κ3) is 18.1. The van der Waals surface area contributed by atoms with Crippen LogP contribution >= 0.6 is 39.0 Å². The Morgan fingerprint density at radius 1 is 0.574 bits per heavy atom. The summed E-state index contributed by atoms with van der Waals surface area (Å²) in [4.78, 5) is 14.2.